The molecule has 1 aromatic carbocycles. The molecule has 1 aliphatic rings. The number of anilines is 1. The first-order valence-corrected chi connectivity index (χ1v) is 8.97. The Morgan fingerprint density at radius 2 is 1.87 bits per heavy atom. The zero-order valence-corrected chi connectivity index (χ0v) is 15.8. The summed E-state index contributed by atoms with van der Waals surface area (Å²) in [6.07, 6.45) is -6.55. The fraction of sp³-hybridized carbons (Fsp3) is 0.389. The smallest absolute Gasteiger partial charge is 0.405 e. The van der Waals surface area contributed by atoms with Crippen LogP contribution in [0.4, 0.5) is 32.3 Å². The number of imidazole rings is 1. The second-order valence-corrected chi connectivity index (χ2v) is 7.52. The maximum Gasteiger partial charge on any atom is 0.573 e. The number of hydrogen-bond acceptors (Lipinski definition) is 6. The van der Waals surface area contributed by atoms with E-state index in [4.69, 9.17) is 0 Å². The van der Waals surface area contributed by atoms with Crippen LogP contribution in [0.15, 0.2) is 30.7 Å². The van der Waals surface area contributed by atoms with Crippen molar-refractivity contribution in [3.63, 3.8) is 0 Å². The van der Waals surface area contributed by atoms with Gasteiger partial charge in [0.05, 0.1) is 22.9 Å². The van der Waals surface area contributed by atoms with E-state index >= 15 is 0 Å². The van der Waals surface area contributed by atoms with Gasteiger partial charge in [-0.3, -0.25) is 4.40 Å². The molecule has 0 unspecified atom stereocenters. The van der Waals surface area contributed by atoms with Gasteiger partial charge in [0, 0.05) is 11.6 Å². The summed E-state index contributed by atoms with van der Waals surface area (Å²) in [4.78, 5) is 3.94. The summed E-state index contributed by atoms with van der Waals surface area (Å²) in [6, 6.07) is 1.64. The van der Waals surface area contributed by atoms with Crippen molar-refractivity contribution < 1.29 is 36.2 Å². The van der Waals surface area contributed by atoms with Gasteiger partial charge in [-0.15, -0.1) is 23.4 Å². The Hall–Kier alpha value is -3.09. The number of rotatable bonds is 4. The molecule has 7 nitrogen and oxygen atoms in total. The second kappa shape index (κ2) is 6.97. The zero-order valence-electron chi connectivity index (χ0n) is 15.8. The Bertz CT molecular complexity index is 1120. The number of ether oxygens (including phenoxy) is 1. The van der Waals surface area contributed by atoms with Crippen molar-refractivity contribution in [3.8, 4) is 17.0 Å². The predicted octanol–water partition coefficient (Wildman–Crippen LogP) is 4.03. The number of fused-ring (bicyclic) bond motifs is 1. The molecule has 2 heterocycles. The molecule has 0 saturated heterocycles. The van der Waals surface area contributed by atoms with Crippen molar-refractivity contribution in [2.45, 2.75) is 43.9 Å². The van der Waals surface area contributed by atoms with Crippen LogP contribution in [0.3, 0.4) is 0 Å². The third-order valence-electron chi connectivity index (χ3n) is 4.85. The molecular weight excluding hydrogens is 432 g/mol. The fourth-order valence-corrected chi connectivity index (χ4v) is 3.52. The van der Waals surface area contributed by atoms with Crippen molar-refractivity contribution in [2.24, 2.45) is 0 Å². The fourth-order valence-electron chi connectivity index (χ4n) is 3.52. The summed E-state index contributed by atoms with van der Waals surface area (Å²) in [6.45, 7) is 1.68. The van der Waals surface area contributed by atoms with Crippen molar-refractivity contribution >= 4 is 11.5 Å². The minimum atomic E-state index is -5.22. The summed E-state index contributed by atoms with van der Waals surface area (Å²) in [7, 11) is 0. The van der Waals surface area contributed by atoms with Gasteiger partial charge in [0.25, 0.3) is 0 Å². The van der Waals surface area contributed by atoms with Crippen molar-refractivity contribution in [3.05, 3.63) is 36.3 Å². The number of hydrogen-bond donors (Lipinski definition) is 2. The van der Waals surface area contributed by atoms with Gasteiger partial charge in [0.1, 0.15) is 17.8 Å². The van der Waals surface area contributed by atoms with Gasteiger partial charge in [-0.25, -0.2) is 4.98 Å². The van der Waals surface area contributed by atoms with Crippen LogP contribution in [0.2, 0.25) is 0 Å². The molecule has 2 N–H and O–H groups in total. The van der Waals surface area contributed by atoms with E-state index in [1.807, 2.05) is 0 Å². The van der Waals surface area contributed by atoms with Crippen LogP contribution in [-0.4, -0.2) is 42.7 Å². The lowest BCUT2D eigenvalue weighted by Gasteiger charge is -2.41. The molecule has 0 radical (unpaired) electrons. The topological polar surface area (TPSA) is 84.6 Å². The highest BCUT2D eigenvalue weighted by Crippen LogP contribution is 2.40. The van der Waals surface area contributed by atoms with Gasteiger partial charge in [-0.1, -0.05) is 0 Å². The number of aromatic nitrogens is 4. The lowest BCUT2D eigenvalue weighted by molar-refractivity contribution is -0.274. The number of nitrogens with one attached hydrogen (secondary N) is 1. The van der Waals surface area contributed by atoms with Crippen LogP contribution in [0.1, 0.15) is 25.3 Å². The molecule has 0 spiro atoms. The van der Waals surface area contributed by atoms with Crippen LogP contribution < -0.4 is 10.1 Å². The number of halogens is 6. The molecule has 1 aliphatic carbocycles. The van der Waals surface area contributed by atoms with E-state index in [0.29, 0.717) is 18.9 Å². The highest BCUT2D eigenvalue weighted by atomic mass is 19.4. The molecule has 2 aromatic heterocycles. The van der Waals surface area contributed by atoms with E-state index in [1.165, 1.54) is 16.9 Å². The highest BCUT2D eigenvalue weighted by Gasteiger charge is 2.39. The van der Waals surface area contributed by atoms with Gasteiger partial charge in [0.15, 0.2) is 0 Å². The van der Waals surface area contributed by atoms with E-state index in [9.17, 15) is 31.4 Å². The first kappa shape index (κ1) is 21.2. The van der Waals surface area contributed by atoms with Gasteiger partial charge in [-0.2, -0.15) is 13.2 Å². The second-order valence-electron chi connectivity index (χ2n) is 7.52. The maximum absolute atomic E-state index is 13.0. The van der Waals surface area contributed by atoms with Crippen LogP contribution in [-0.2, 0) is 6.18 Å². The third kappa shape index (κ3) is 4.36. The average molecular weight is 447 g/mol. The molecule has 0 aliphatic heterocycles. The number of alkyl halides is 6. The molecule has 166 valence electrons. The molecule has 31 heavy (non-hydrogen) atoms. The summed E-state index contributed by atoms with van der Waals surface area (Å²) in [5.74, 6) is -0.836. The quantitative estimate of drug-likeness (QED) is 0.588. The summed E-state index contributed by atoms with van der Waals surface area (Å²) >= 11 is 0. The largest absolute Gasteiger partial charge is 0.573 e. The highest BCUT2D eigenvalue weighted by molar-refractivity contribution is 5.81. The SMILES string of the molecule is CC1(O)CC(Nc2nnc(-c3ccc(C(F)(F)F)cc3OC(F)(F)F)c3cncn23)C1. The molecule has 1 saturated carbocycles. The monoisotopic (exact) mass is 447 g/mol. The molecular formula is C18H15F6N5O2. The lowest BCUT2D eigenvalue weighted by Crippen LogP contribution is -2.48. The summed E-state index contributed by atoms with van der Waals surface area (Å²) < 4.78 is 82.8. The Morgan fingerprint density at radius 1 is 1.16 bits per heavy atom. The van der Waals surface area contributed by atoms with Crippen LogP contribution >= 0.6 is 0 Å². The normalized spacial score (nSPS) is 21.7. The maximum atomic E-state index is 13.0. The Kier molecular flexibility index (Phi) is 4.76. The number of aliphatic hydroxyl groups is 1. The molecule has 4 rings (SSSR count). The molecule has 13 heteroatoms. The standard InChI is InChI=1S/C18H15F6N5O2/c1-16(30)5-10(6-16)26-15-28-27-14(12-7-25-8-29(12)15)11-3-2-9(17(19,20)21)4-13(11)31-18(22,23)24/h2-4,7-8,10,30H,5-6H2,1H3,(H,26,28). The van der Waals surface area contributed by atoms with Gasteiger partial charge in [-0.05, 0) is 38.0 Å². The first-order valence-electron chi connectivity index (χ1n) is 8.97. The Balaban J connectivity index is 1.76. The molecule has 0 atom stereocenters. The molecule has 3 aromatic rings. The Labute approximate surface area is 170 Å². The average Bonchev–Trinajstić information content (AvgIpc) is 3.09. The van der Waals surface area contributed by atoms with Gasteiger partial charge in [0.2, 0.25) is 5.95 Å². The number of benzene rings is 1. The lowest BCUT2D eigenvalue weighted by atomic mass is 9.77. The van der Waals surface area contributed by atoms with Crippen LogP contribution in [0, 0.1) is 0 Å². The first-order chi connectivity index (χ1) is 14.3. The van der Waals surface area contributed by atoms with Gasteiger partial charge < -0.3 is 15.2 Å². The molecule has 0 bridgehead atoms. The molecule has 0 amide bonds. The van der Waals surface area contributed by atoms with E-state index in [2.05, 4.69) is 25.2 Å². The Morgan fingerprint density at radius 3 is 2.48 bits per heavy atom. The van der Waals surface area contributed by atoms with Crippen LogP contribution in [0.25, 0.3) is 16.8 Å². The zero-order chi connectivity index (χ0) is 22.6. The minimum absolute atomic E-state index is 0.101. The van der Waals surface area contributed by atoms with E-state index in [-0.39, 0.29) is 34.8 Å². The minimum Gasteiger partial charge on any atom is -0.405 e. The third-order valence-corrected chi connectivity index (χ3v) is 4.85. The van der Waals surface area contributed by atoms with Crippen molar-refractivity contribution in [1.29, 1.82) is 0 Å². The van der Waals surface area contributed by atoms with E-state index in [1.54, 1.807) is 6.92 Å². The summed E-state index contributed by atoms with van der Waals surface area (Å²) in [5.41, 5.74) is -2.37. The summed E-state index contributed by atoms with van der Waals surface area (Å²) in [5, 5.41) is 20.8. The van der Waals surface area contributed by atoms with Crippen molar-refractivity contribution in [2.75, 3.05) is 5.32 Å². The van der Waals surface area contributed by atoms with Crippen LogP contribution in [0.5, 0.6) is 5.75 Å². The molecule has 1 fully saturated rings. The van der Waals surface area contributed by atoms with E-state index < -0.39 is 29.5 Å². The van der Waals surface area contributed by atoms with E-state index in [0.717, 1.165) is 6.07 Å². The number of nitrogens with zero attached hydrogens (tertiary/aromatic N) is 4. The van der Waals surface area contributed by atoms with Crippen molar-refractivity contribution in [1.82, 2.24) is 19.6 Å². The predicted molar refractivity (Wildman–Crippen MR) is 95.2 cm³/mol. The van der Waals surface area contributed by atoms with Gasteiger partial charge >= 0.3 is 12.5 Å².